The van der Waals surface area contributed by atoms with E-state index in [-0.39, 0.29) is 18.8 Å². The maximum atomic E-state index is 13.1. The zero-order valence-electron chi connectivity index (χ0n) is 20.2. The van der Waals surface area contributed by atoms with Gasteiger partial charge in [0.15, 0.2) is 6.04 Å². The van der Waals surface area contributed by atoms with E-state index in [1.807, 2.05) is 6.07 Å². The molecule has 0 aliphatic heterocycles. The van der Waals surface area contributed by atoms with Gasteiger partial charge in [0.05, 0.1) is 18.6 Å². The van der Waals surface area contributed by atoms with Gasteiger partial charge in [-0.05, 0) is 56.7 Å². The van der Waals surface area contributed by atoms with Gasteiger partial charge in [-0.2, -0.15) is 4.90 Å². The number of nitrogens with zero attached hydrogens (tertiary/aromatic N) is 4. The number of benzene rings is 1. The van der Waals surface area contributed by atoms with Gasteiger partial charge in [-0.3, -0.25) is 10.1 Å². The van der Waals surface area contributed by atoms with Crippen molar-refractivity contribution in [3.05, 3.63) is 70.5 Å². The van der Waals surface area contributed by atoms with Gasteiger partial charge in [0.2, 0.25) is 0 Å². The number of carbonyl (C=O) groups excluding carboxylic acids is 3. The molecule has 12 nitrogen and oxygen atoms in total. The zero-order chi connectivity index (χ0) is 26.5. The number of pyridine rings is 1. The van der Waals surface area contributed by atoms with Gasteiger partial charge in [-0.25, -0.2) is 19.4 Å². The number of methoxy groups -OCH3 is 1. The molecule has 190 valence electrons. The maximum absolute atomic E-state index is 13.1. The van der Waals surface area contributed by atoms with Gasteiger partial charge in [0.1, 0.15) is 17.9 Å². The lowest BCUT2D eigenvalue weighted by Crippen LogP contribution is -2.52. The van der Waals surface area contributed by atoms with Gasteiger partial charge >= 0.3 is 18.2 Å². The summed E-state index contributed by atoms with van der Waals surface area (Å²) in [6.07, 6.45) is 0.998. The third kappa shape index (κ3) is 6.34. The normalized spacial score (nSPS) is 12.0. The van der Waals surface area contributed by atoms with Crippen LogP contribution in [0.15, 0.2) is 54.9 Å². The maximum Gasteiger partial charge on any atom is 0.420 e. The van der Waals surface area contributed by atoms with Crippen molar-refractivity contribution in [1.29, 1.82) is 0 Å². The van der Waals surface area contributed by atoms with Crippen LogP contribution in [0.25, 0.3) is 11.0 Å². The number of amides is 2. The first-order chi connectivity index (χ1) is 17.0. The number of fused-ring (bicyclic) bond motifs is 1. The van der Waals surface area contributed by atoms with Gasteiger partial charge in [0, 0.05) is 29.9 Å². The molecule has 0 saturated carbocycles. The highest BCUT2D eigenvalue weighted by Gasteiger charge is 2.40. The van der Waals surface area contributed by atoms with Crippen molar-refractivity contribution in [3.63, 3.8) is 0 Å². The van der Waals surface area contributed by atoms with Crippen LogP contribution in [-0.4, -0.2) is 56.3 Å². The third-order valence-corrected chi connectivity index (χ3v) is 4.97. The molecular formula is C24H26N4O8. The number of nitro groups is 1. The van der Waals surface area contributed by atoms with Crippen LogP contribution in [0.1, 0.15) is 26.3 Å². The summed E-state index contributed by atoms with van der Waals surface area (Å²) in [5, 5.41) is 11.6. The lowest BCUT2D eigenvalue weighted by Gasteiger charge is -2.30. The first kappa shape index (κ1) is 26.1. The molecule has 1 aromatic carbocycles. The molecule has 2 heterocycles. The van der Waals surface area contributed by atoms with E-state index in [2.05, 4.69) is 4.98 Å². The Hall–Kier alpha value is -4.48. The van der Waals surface area contributed by atoms with Crippen molar-refractivity contribution in [2.75, 3.05) is 7.11 Å². The van der Waals surface area contributed by atoms with Crippen LogP contribution in [0.2, 0.25) is 0 Å². The van der Waals surface area contributed by atoms with E-state index in [0.717, 1.165) is 12.5 Å². The number of rotatable bonds is 7. The third-order valence-electron chi connectivity index (χ3n) is 4.97. The van der Waals surface area contributed by atoms with E-state index in [1.165, 1.54) is 24.3 Å². The number of nitro benzene ring substituents is 1. The SMILES string of the molecule is COC(=O)C(Cn1ccc2cccnc21)N(C(=O)OCc1ccc([N+](=O)[O-])cc1)C(=O)OC(C)(C)C. The number of hydrogen-bond acceptors (Lipinski definition) is 9. The van der Waals surface area contributed by atoms with Crippen LogP contribution in [0, 0.1) is 10.1 Å². The fraction of sp³-hybridized carbons (Fsp3) is 0.333. The number of non-ortho nitro benzene ring substituents is 1. The Labute approximate surface area is 206 Å². The van der Waals surface area contributed by atoms with E-state index in [4.69, 9.17) is 14.2 Å². The molecule has 3 aromatic rings. The zero-order valence-corrected chi connectivity index (χ0v) is 20.2. The Morgan fingerprint density at radius 2 is 1.81 bits per heavy atom. The predicted molar refractivity (Wildman–Crippen MR) is 127 cm³/mol. The number of carbonyl (C=O) groups is 3. The fourth-order valence-corrected chi connectivity index (χ4v) is 3.32. The van der Waals surface area contributed by atoms with Gasteiger partial charge < -0.3 is 18.8 Å². The molecule has 0 aliphatic carbocycles. The highest BCUT2D eigenvalue weighted by atomic mass is 16.6. The Kier molecular flexibility index (Phi) is 7.87. The van der Waals surface area contributed by atoms with E-state index in [0.29, 0.717) is 16.1 Å². The molecule has 1 unspecified atom stereocenters. The lowest BCUT2D eigenvalue weighted by atomic mass is 10.2. The van der Waals surface area contributed by atoms with Gasteiger partial charge in [0.25, 0.3) is 5.69 Å². The summed E-state index contributed by atoms with van der Waals surface area (Å²) >= 11 is 0. The number of aromatic nitrogens is 2. The van der Waals surface area contributed by atoms with Crippen molar-refractivity contribution in [3.8, 4) is 0 Å². The standard InChI is InChI=1S/C24H26N4O8/c1-24(2,3)36-23(31)27(22(30)35-15-16-7-9-18(10-8-16)28(32)33)19(21(29)34-4)14-26-13-11-17-6-5-12-25-20(17)26/h5-13,19H,14-15H2,1-4H3. The molecule has 0 N–H and O–H groups in total. The predicted octanol–water partition coefficient (Wildman–Crippen LogP) is 4.06. The molecule has 0 fully saturated rings. The minimum absolute atomic E-state index is 0.126. The molecule has 0 radical (unpaired) electrons. The van der Waals surface area contributed by atoms with Crippen molar-refractivity contribution in [2.24, 2.45) is 0 Å². The largest absolute Gasteiger partial charge is 0.467 e. The van der Waals surface area contributed by atoms with E-state index in [9.17, 15) is 24.5 Å². The fourth-order valence-electron chi connectivity index (χ4n) is 3.32. The Balaban J connectivity index is 1.90. The molecule has 0 aliphatic rings. The summed E-state index contributed by atoms with van der Waals surface area (Å²) in [5.74, 6) is -0.870. The number of hydrogen-bond donors (Lipinski definition) is 0. The van der Waals surface area contributed by atoms with E-state index >= 15 is 0 Å². The number of imide groups is 1. The van der Waals surface area contributed by atoms with E-state index in [1.54, 1.807) is 49.9 Å². The second-order valence-corrected chi connectivity index (χ2v) is 8.75. The summed E-state index contributed by atoms with van der Waals surface area (Å²) in [6.45, 7) is 4.36. The highest BCUT2D eigenvalue weighted by molar-refractivity contribution is 5.94. The molecule has 2 amide bonds. The quantitative estimate of drug-likeness (QED) is 0.204. The van der Waals surface area contributed by atoms with E-state index < -0.39 is 34.7 Å². The summed E-state index contributed by atoms with van der Waals surface area (Å²) in [6, 6.07) is 9.28. The van der Waals surface area contributed by atoms with Crippen LogP contribution >= 0.6 is 0 Å². The van der Waals surface area contributed by atoms with Crippen LogP contribution in [0.5, 0.6) is 0 Å². The van der Waals surface area contributed by atoms with Crippen LogP contribution < -0.4 is 0 Å². The average molecular weight is 498 g/mol. The number of esters is 1. The molecule has 36 heavy (non-hydrogen) atoms. The van der Waals surface area contributed by atoms with Crippen molar-refractivity contribution in [1.82, 2.24) is 14.5 Å². The monoisotopic (exact) mass is 498 g/mol. The summed E-state index contributed by atoms with van der Waals surface area (Å²) in [4.78, 5) is 54.2. The molecule has 12 heteroatoms. The summed E-state index contributed by atoms with van der Waals surface area (Å²) < 4.78 is 17.2. The van der Waals surface area contributed by atoms with Crippen LogP contribution in [-0.2, 0) is 32.2 Å². The first-order valence-corrected chi connectivity index (χ1v) is 10.9. The van der Waals surface area contributed by atoms with Crippen LogP contribution in [0.3, 0.4) is 0 Å². The highest BCUT2D eigenvalue weighted by Crippen LogP contribution is 2.20. The topological polar surface area (TPSA) is 143 Å². The average Bonchev–Trinajstić information content (AvgIpc) is 3.23. The molecule has 0 bridgehead atoms. The minimum atomic E-state index is -1.44. The van der Waals surface area contributed by atoms with Crippen molar-refractivity contribution < 1.29 is 33.5 Å². The van der Waals surface area contributed by atoms with Gasteiger partial charge in [-0.15, -0.1) is 0 Å². The molecule has 3 rings (SSSR count). The molecule has 0 spiro atoms. The molecule has 1 atom stereocenters. The lowest BCUT2D eigenvalue weighted by molar-refractivity contribution is -0.384. The minimum Gasteiger partial charge on any atom is -0.467 e. The summed E-state index contributed by atoms with van der Waals surface area (Å²) in [5.41, 5.74) is -0.127. The van der Waals surface area contributed by atoms with Crippen molar-refractivity contribution in [2.45, 2.75) is 45.6 Å². The first-order valence-electron chi connectivity index (χ1n) is 10.9. The number of ether oxygens (including phenoxy) is 3. The molecule has 2 aromatic heterocycles. The Morgan fingerprint density at radius 1 is 1.11 bits per heavy atom. The summed E-state index contributed by atoms with van der Waals surface area (Å²) in [7, 11) is 1.14. The Morgan fingerprint density at radius 3 is 2.42 bits per heavy atom. The second kappa shape index (κ2) is 10.8. The second-order valence-electron chi connectivity index (χ2n) is 8.75. The smallest absolute Gasteiger partial charge is 0.420 e. The van der Waals surface area contributed by atoms with Crippen LogP contribution in [0.4, 0.5) is 15.3 Å². The molecule has 0 saturated heterocycles. The van der Waals surface area contributed by atoms with Crippen molar-refractivity contribution >= 4 is 34.9 Å². The Bertz CT molecular complexity index is 1260. The molecular weight excluding hydrogens is 472 g/mol. The van der Waals surface area contributed by atoms with Gasteiger partial charge in [-0.1, -0.05) is 0 Å².